The van der Waals surface area contributed by atoms with Crippen LogP contribution in [0.2, 0.25) is 0 Å². The van der Waals surface area contributed by atoms with Gasteiger partial charge in [0.05, 0.1) is 18.9 Å². The molecule has 28 heavy (non-hydrogen) atoms. The summed E-state index contributed by atoms with van der Waals surface area (Å²) in [7, 11) is 0. The maximum Gasteiger partial charge on any atom is 0.276 e. The summed E-state index contributed by atoms with van der Waals surface area (Å²) in [6.07, 6.45) is 5.20. The fourth-order valence-corrected chi connectivity index (χ4v) is 4.75. The largest absolute Gasteiger partial charge is 0.378 e. The van der Waals surface area contributed by atoms with Crippen molar-refractivity contribution >= 4 is 11.9 Å². The van der Waals surface area contributed by atoms with Crippen LogP contribution in [0.5, 0.6) is 0 Å². The molecule has 1 amide bonds. The molecular formula is C20H23N5O3. The van der Waals surface area contributed by atoms with Crippen molar-refractivity contribution in [2.45, 2.75) is 31.1 Å². The van der Waals surface area contributed by atoms with Gasteiger partial charge < -0.3 is 19.1 Å². The van der Waals surface area contributed by atoms with E-state index in [1.165, 1.54) is 5.56 Å². The Morgan fingerprint density at radius 1 is 1.18 bits per heavy atom. The maximum atomic E-state index is 12.9. The lowest BCUT2D eigenvalue weighted by Gasteiger charge is -2.27. The average Bonchev–Trinajstić information content (AvgIpc) is 3.17. The minimum Gasteiger partial charge on any atom is -0.378 e. The van der Waals surface area contributed by atoms with Crippen LogP contribution in [0.25, 0.3) is 0 Å². The summed E-state index contributed by atoms with van der Waals surface area (Å²) in [5.41, 5.74) is 2.80. The molecule has 0 spiro atoms. The number of carbonyl (C=O) groups excluding carboxylic acids is 1. The van der Waals surface area contributed by atoms with Crippen LogP contribution in [0.1, 0.15) is 52.2 Å². The van der Waals surface area contributed by atoms with E-state index in [0.29, 0.717) is 24.1 Å². The zero-order valence-corrected chi connectivity index (χ0v) is 15.7. The minimum atomic E-state index is -0.0194. The van der Waals surface area contributed by atoms with Crippen LogP contribution in [0.4, 0.5) is 5.95 Å². The minimum absolute atomic E-state index is 0.0194. The van der Waals surface area contributed by atoms with Crippen molar-refractivity contribution in [3.63, 3.8) is 0 Å². The van der Waals surface area contributed by atoms with Gasteiger partial charge >= 0.3 is 0 Å². The molecule has 6 rings (SSSR count). The summed E-state index contributed by atoms with van der Waals surface area (Å²) in [6, 6.07) is 1.83. The molecule has 0 N–H and O–H groups in total. The number of carbonyl (C=O) groups is 1. The number of nitrogens with zero attached hydrogens (tertiary/aromatic N) is 5. The highest BCUT2D eigenvalue weighted by Gasteiger charge is 2.44. The molecule has 4 heterocycles. The maximum absolute atomic E-state index is 12.9. The van der Waals surface area contributed by atoms with E-state index in [1.54, 1.807) is 0 Å². The number of aromatic nitrogens is 3. The second-order valence-electron chi connectivity index (χ2n) is 8.35. The van der Waals surface area contributed by atoms with Gasteiger partial charge in [-0.25, -0.2) is 9.97 Å². The smallest absolute Gasteiger partial charge is 0.276 e. The van der Waals surface area contributed by atoms with E-state index >= 15 is 0 Å². The molecule has 146 valence electrons. The van der Waals surface area contributed by atoms with Gasteiger partial charge in [-0.2, -0.15) is 0 Å². The Bertz CT molecular complexity index is 918. The predicted octanol–water partition coefficient (Wildman–Crippen LogP) is 1.59. The lowest BCUT2D eigenvalue weighted by atomic mass is 9.99. The van der Waals surface area contributed by atoms with Crippen molar-refractivity contribution < 1.29 is 14.1 Å². The topological polar surface area (TPSA) is 84.6 Å². The highest BCUT2D eigenvalue weighted by molar-refractivity contribution is 5.92. The summed E-state index contributed by atoms with van der Waals surface area (Å²) >= 11 is 0. The second kappa shape index (κ2) is 6.27. The first kappa shape index (κ1) is 16.5. The number of likely N-dealkylation sites (tertiary alicyclic amines) is 1. The third-order valence-corrected chi connectivity index (χ3v) is 6.47. The zero-order valence-electron chi connectivity index (χ0n) is 15.7. The van der Waals surface area contributed by atoms with E-state index in [-0.39, 0.29) is 11.8 Å². The van der Waals surface area contributed by atoms with Gasteiger partial charge in [-0.3, -0.25) is 4.79 Å². The van der Waals surface area contributed by atoms with Crippen molar-refractivity contribution in [1.29, 1.82) is 0 Å². The fourth-order valence-electron chi connectivity index (χ4n) is 4.75. The van der Waals surface area contributed by atoms with Crippen LogP contribution in [0, 0.1) is 5.92 Å². The Labute approximate surface area is 162 Å². The SMILES string of the molecule is O=C(c1cc(C2CC2)on1)N1C[C@H]2Cc3cnc(N4CCOCC4)nc3[C@H]2C1. The first-order valence-corrected chi connectivity index (χ1v) is 10.2. The number of anilines is 1. The molecule has 2 aliphatic carbocycles. The van der Waals surface area contributed by atoms with Gasteiger partial charge in [0.15, 0.2) is 5.69 Å². The first-order chi connectivity index (χ1) is 13.8. The summed E-state index contributed by atoms with van der Waals surface area (Å²) in [5, 5.41) is 4.03. The van der Waals surface area contributed by atoms with E-state index in [1.807, 2.05) is 17.2 Å². The molecule has 2 aliphatic heterocycles. The summed E-state index contributed by atoms with van der Waals surface area (Å²) in [5.74, 6) is 2.80. The molecule has 2 aromatic rings. The molecule has 0 aromatic carbocycles. The lowest BCUT2D eigenvalue weighted by Crippen LogP contribution is -2.37. The molecule has 1 saturated carbocycles. The summed E-state index contributed by atoms with van der Waals surface area (Å²) in [4.78, 5) is 26.5. The van der Waals surface area contributed by atoms with Gasteiger partial charge in [0.2, 0.25) is 5.95 Å². The van der Waals surface area contributed by atoms with Gasteiger partial charge in [-0.1, -0.05) is 5.16 Å². The van der Waals surface area contributed by atoms with Gasteiger partial charge in [-0.05, 0) is 30.7 Å². The third-order valence-electron chi connectivity index (χ3n) is 6.47. The number of rotatable bonds is 3. The van der Waals surface area contributed by atoms with E-state index in [2.05, 4.69) is 15.0 Å². The Hall–Kier alpha value is -2.48. The average molecular weight is 381 g/mol. The fraction of sp³-hybridized carbons (Fsp3) is 0.600. The van der Waals surface area contributed by atoms with Gasteiger partial charge in [-0.15, -0.1) is 0 Å². The predicted molar refractivity (Wildman–Crippen MR) is 99.4 cm³/mol. The molecule has 0 bridgehead atoms. The first-order valence-electron chi connectivity index (χ1n) is 10.2. The van der Waals surface area contributed by atoms with Gasteiger partial charge in [0.1, 0.15) is 5.76 Å². The Balaban J connectivity index is 1.20. The van der Waals surface area contributed by atoms with E-state index in [4.69, 9.17) is 14.2 Å². The second-order valence-corrected chi connectivity index (χ2v) is 8.35. The van der Waals surface area contributed by atoms with Gasteiger partial charge in [0, 0.05) is 50.3 Å². The highest BCUT2D eigenvalue weighted by Crippen LogP contribution is 2.43. The molecular weight excluding hydrogens is 358 g/mol. The number of fused-ring (bicyclic) bond motifs is 3. The van der Waals surface area contributed by atoms with Crippen LogP contribution >= 0.6 is 0 Å². The van der Waals surface area contributed by atoms with Crippen LogP contribution < -0.4 is 4.90 Å². The number of morpholine rings is 1. The summed E-state index contributed by atoms with van der Waals surface area (Å²) < 4.78 is 10.8. The van der Waals surface area contributed by atoms with Crippen LogP contribution in [0.3, 0.4) is 0 Å². The highest BCUT2D eigenvalue weighted by atomic mass is 16.5. The molecule has 3 fully saturated rings. The van der Waals surface area contributed by atoms with Gasteiger partial charge in [0.25, 0.3) is 5.91 Å². The number of hydrogen-bond donors (Lipinski definition) is 0. The number of hydrogen-bond acceptors (Lipinski definition) is 7. The van der Waals surface area contributed by atoms with Crippen molar-refractivity contribution in [2.24, 2.45) is 5.92 Å². The van der Waals surface area contributed by atoms with Crippen molar-refractivity contribution in [2.75, 3.05) is 44.3 Å². The number of amides is 1. The Morgan fingerprint density at radius 3 is 2.86 bits per heavy atom. The molecule has 4 aliphatic rings. The molecule has 8 nitrogen and oxygen atoms in total. The van der Waals surface area contributed by atoms with Crippen molar-refractivity contribution in [3.05, 3.63) is 35.0 Å². The van der Waals surface area contributed by atoms with Crippen LogP contribution in [-0.4, -0.2) is 65.3 Å². The van der Waals surface area contributed by atoms with E-state index < -0.39 is 0 Å². The monoisotopic (exact) mass is 381 g/mol. The standard InChI is InChI=1S/C20H23N5O3/c26-19(16-8-17(28-23-16)12-1-2-12)25-10-14-7-13-9-21-20(22-18(13)15(14)11-25)24-3-5-27-6-4-24/h8-9,12,14-15H,1-7,10-11H2/t14-,15+/m1/s1. The van der Waals surface area contributed by atoms with Crippen molar-refractivity contribution in [3.8, 4) is 0 Å². The molecule has 0 unspecified atom stereocenters. The Morgan fingerprint density at radius 2 is 2.04 bits per heavy atom. The molecule has 8 heteroatoms. The molecule has 2 aromatic heterocycles. The zero-order chi connectivity index (χ0) is 18.7. The lowest BCUT2D eigenvalue weighted by molar-refractivity contribution is 0.0774. The van der Waals surface area contributed by atoms with Crippen molar-refractivity contribution in [1.82, 2.24) is 20.0 Å². The van der Waals surface area contributed by atoms with Crippen LogP contribution in [0.15, 0.2) is 16.8 Å². The van der Waals surface area contributed by atoms with E-state index in [9.17, 15) is 4.79 Å². The normalized spacial score (nSPS) is 26.4. The molecule has 2 saturated heterocycles. The quantitative estimate of drug-likeness (QED) is 0.798. The molecule has 2 atom stereocenters. The summed E-state index contributed by atoms with van der Waals surface area (Å²) in [6.45, 7) is 4.53. The number of ether oxygens (including phenoxy) is 1. The Kier molecular flexibility index (Phi) is 3.69. The van der Waals surface area contributed by atoms with E-state index in [0.717, 1.165) is 69.5 Å². The van der Waals surface area contributed by atoms with Crippen LogP contribution in [-0.2, 0) is 11.2 Å². The molecule has 0 radical (unpaired) electrons. The third kappa shape index (κ3) is 2.70.